The molecular formula is C32H32O16. The number of aldehydes is 2. The lowest BCUT2D eigenvalue weighted by Gasteiger charge is -2.05. The van der Waals surface area contributed by atoms with Crippen LogP contribution in [0.15, 0.2) is 54.6 Å². The molecule has 256 valence electrons. The first-order valence-corrected chi connectivity index (χ1v) is 13.1. The van der Waals surface area contributed by atoms with Gasteiger partial charge in [0.05, 0.1) is 31.8 Å². The second-order valence-electron chi connectivity index (χ2n) is 9.16. The summed E-state index contributed by atoms with van der Waals surface area (Å²) in [5, 5.41) is 89.7. The summed E-state index contributed by atoms with van der Waals surface area (Å²) in [5.41, 5.74) is 0.735. The van der Waals surface area contributed by atoms with Crippen molar-refractivity contribution >= 4 is 24.3 Å². The average molecular weight is 673 g/mol. The molecule has 0 radical (unpaired) electrons. The molecule has 4 rings (SSSR count). The third-order valence-electron chi connectivity index (χ3n) is 5.83. The number of ether oxygens (including phenoxy) is 2. The first-order valence-electron chi connectivity index (χ1n) is 13.1. The predicted molar refractivity (Wildman–Crippen MR) is 166 cm³/mol. The average Bonchev–Trinajstić information content (AvgIpc) is 3.04. The van der Waals surface area contributed by atoms with Gasteiger partial charge in [-0.05, 0) is 61.0 Å². The maximum Gasteiger partial charge on any atom is 0.307 e. The van der Waals surface area contributed by atoms with Crippen LogP contribution in [0.5, 0.6) is 63.2 Å². The molecule has 0 amide bonds. The lowest BCUT2D eigenvalue weighted by molar-refractivity contribution is -0.136. The summed E-state index contributed by atoms with van der Waals surface area (Å²) in [6.45, 7) is 1.26. The Kier molecular flexibility index (Phi) is 14.9. The summed E-state index contributed by atoms with van der Waals surface area (Å²) >= 11 is 0. The molecule has 0 fully saturated rings. The molecule has 0 bridgehead atoms. The number of ketones is 1. The van der Waals surface area contributed by atoms with Crippen molar-refractivity contribution in [3.8, 4) is 63.2 Å². The summed E-state index contributed by atoms with van der Waals surface area (Å²) in [7, 11) is 2.69. The molecule has 0 saturated heterocycles. The topological polar surface area (TPSA) is 289 Å². The van der Waals surface area contributed by atoms with Crippen LogP contribution in [0.1, 0.15) is 43.6 Å². The molecule has 10 N–H and O–H groups in total. The van der Waals surface area contributed by atoms with E-state index in [-0.39, 0.29) is 63.4 Å². The van der Waals surface area contributed by atoms with Gasteiger partial charge in [0.1, 0.15) is 6.29 Å². The number of aliphatic carboxylic acids is 1. The zero-order valence-corrected chi connectivity index (χ0v) is 25.5. The number of aromatic hydroxyl groups is 9. The minimum atomic E-state index is -0.972. The fraction of sp³-hybridized carbons (Fsp3) is 0.125. The fourth-order valence-corrected chi connectivity index (χ4v) is 3.38. The first kappa shape index (κ1) is 39.2. The van der Waals surface area contributed by atoms with Crippen LogP contribution in [-0.4, -0.2) is 89.6 Å². The number of phenols is 9. The van der Waals surface area contributed by atoms with E-state index in [1.54, 1.807) is 0 Å². The Labute approximate surface area is 271 Å². The molecule has 16 nitrogen and oxygen atoms in total. The van der Waals surface area contributed by atoms with E-state index in [2.05, 4.69) is 0 Å². The van der Waals surface area contributed by atoms with Gasteiger partial charge in [0.2, 0.25) is 17.2 Å². The van der Waals surface area contributed by atoms with Crippen LogP contribution in [0.4, 0.5) is 0 Å². The molecule has 4 aromatic carbocycles. The van der Waals surface area contributed by atoms with E-state index in [1.165, 1.54) is 63.6 Å². The maximum absolute atomic E-state index is 10.8. The second kappa shape index (κ2) is 18.2. The minimum Gasteiger partial charge on any atom is -0.504 e. The zero-order chi connectivity index (χ0) is 36.7. The number of hydrogen-bond acceptors (Lipinski definition) is 15. The molecule has 16 heteroatoms. The molecule has 0 aliphatic carbocycles. The Morgan fingerprint density at radius 2 is 1.21 bits per heavy atom. The van der Waals surface area contributed by atoms with Crippen molar-refractivity contribution in [1.29, 1.82) is 0 Å². The van der Waals surface area contributed by atoms with Crippen molar-refractivity contribution in [2.75, 3.05) is 14.2 Å². The van der Waals surface area contributed by atoms with Gasteiger partial charge < -0.3 is 60.5 Å². The Balaban J connectivity index is 0.000000320. The third-order valence-corrected chi connectivity index (χ3v) is 5.83. The second-order valence-corrected chi connectivity index (χ2v) is 9.16. The van der Waals surface area contributed by atoms with E-state index in [1.807, 2.05) is 0 Å². The Hall–Kier alpha value is -6.84. The Bertz CT molecular complexity index is 1760. The molecule has 0 aromatic heterocycles. The van der Waals surface area contributed by atoms with Crippen molar-refractivity contribution in [2.24, 2.45) is 0 Å². The van der Waals surface area contributed by atoms with Gasteiger partial charge in [0, 0.05) is 5.56 Å². The van der Waals surface area contributed by atoms with E-state index in [0.717, 1.165) is 12.1 Å². The van der Waals surface area contributed by atoms with Crippen molar-refractivity contribution in [3.05, 3.63) is 76.9 Å². The van der Waals surface area contributed by atoms with Gasteiger partial charge in [-0.3, -0.25) is 19.2 Å². The standard InChI is InChI=1S/4C8H8O4/c1-12-7-3-5(4-9)2-6(10)8(7)11;1-12-6-3-2-5(4-9)7(10)8(6)11;1-4(9)5-2-3-6(10)8(12)7(5)11;9-6-2-1-5(3-7(6)10)4-8(11)12/h2*2-4,10-11H,1H3;2-3,10-12H,1H3;1-3,9-10H,4H2,(H,11,12). The molecule has 0 heterocycles. The Morgan fingerprint density at radius 3 is 1.71 bits per heavy atom. The van der Waals surface area contributed by atoms with Gasteiger partial charge in [-0.15, -0.1) is 0 Å². The number of phenolic OH excluding ortho intramolecular Hbond substituents is 9. The quantitative estimate of drug-likeness (QED) is 0.0762. The highest BCUT2D eigenvalue weighted by atomic mass is 16.5. The normalized spacial score (nSPS) is 9.56. The summed E-state index contributed by atoms with van der Waals surface area (Å²) in [6, 6.07) is 11.6. The number of benzene rings is 4. The van der Waals surface area contributed by atoms with Gasteiger partial charge in [0.15, 0.2) is 58.1 Å². The molecule has 0 aliphatic heterocycles. The van der Waals surface area contributed by atoms with E-state index in [9.17, 15) is 24.3 Å². The lowest BCUT2D eigenvalue weighted by atomic mass is 10.1. The van der Waals surface area contributed by atoms with Crippen LogP contribution < -0.4 is 9.47 Å². The van der Waals surface area contributed by atoms with Crippen LogP contribution in [0.2, 0.25) is 0 Å². The SMILES string of the molecule is CC(=O)c1ccc(O)c(O)c1O.COc1cc(C=O)cc(O)c1O.COc1ccc(C=O)c(O)c1O.O=C(O)Cc1ccc(O)c(O)c1. The van der Waals surface area contributed by atoms with Crippen LogP contribution in [0.25, 0.3) is 0 Å². The van der Waals surface area contributed by atoms with Crippen LogP contribution >= 0.6 is 0 Å². The number of rotatable bonds is 7. The number of hydrogen-bond donors (Lipinski definition) is 10. The minimum absolute atomic E-state index is 0.00898. The number of Topliss-reactive ketones (excluding diaryl/α,β-unsaturated/α-hetero) is 1. The van der Waals surface area contributed by atoms with E-state index >= 15 is 0 Å². The molecule has 0 spiro atoms. The highest BCUT2D eigenvalue weighted by Gasteiger charge is 2.14. The predicted octanol–water partition coefficient (Wildman–Crippen LogP) is 3.57. The summed E-state index contributed by atoms with van der Waals surface area (Å²) in [6.07, 6.45) is 0.851. The van der Waals surface area contributed by atoms with E-state index in [4.69, 9.17) is 55.4 Å². The molecule has 0 unspecified atom stereocenters. The smallest absolute Gasteiger partial charge is 0.307 e. The van der Waals surface area contributed by atoms with E-state index < -0.39 is 34.7 Å². The van der Waals surface area contributed by atoms with Crippen molar-refractivity contribution in [1.82, 2.24) is 0 Å². The van der Waals surface area contributed by atoms with Gasteiger partial charge in [0.25, 0.3) is 0 Å². The number of methoxy groups -OCH3 is 2. The summed E-state index contributed by atoms with van der Waals surface area (Å²) in [5.74, 6) is -4.95. The first-order chi connectivity index (χ1) is 22.5. The number of carboxylic acids is 1. The largest absolute Gasteiger partial charge is 0.504 e. The number of carbonyl (C=O) groups excluding carboxylic acids is 3. The molecular weight excluding hydrogens is 640 g/mol. The zero-order valence-electron chi connectivity index (χ0n) is 25.5. The van der Waals surface area contributed by atoms with Crippen molar-refractivity contribution in [3.63, 3.8) is 0 Å². The van der Waals surface area contributed by atoms with Crippen LogP contribution in [0.3, 0.4) is 0 Å². The maximum atomic E-state index is 10.8. The monoisotopic (exact) mass is 672 g/mol. The molecule has 0 saturated carbocycles. The van der Waals surface area contributed by atoms with Crippen LogP contribution in [-0.2, 0) is 11.2 Å². The molecule has 4 aromatic rings. The highest BCUT2D eigenvalue weighted by molar-refractivity contribution is 5.97. The third kappa shape index (κ3) is 11.0. The Morgan fingerprint density at radius 1 is 0.604 bits per heavy atom. The fourth-order valence-electron chi connectivity index (χ4n) is 3.38. The van der Waals surface area contributed by atoms with Gasteiger partial charge in [-0.1, -0.05) is 6.07 Å². The summed E-state index contributed by atoms with van der Waals surface area (Å²) in [4.78, 5) is 41.6. The molecule has 0 atom stereocenters. The highest BCUT2D eigenvalue weighted by Crippen LogP contribution is 2.38. The van der Waals surface area contributed by atoms with Gasteiger partial charge in [-0.2, -0.15) is 0 Å². The van der Waals surface area contributed by atoms with Gasteiger partial charge in [-0.25, -0.2) is 0 Å². The summed E-state index contributed by atoms with van der Waals surface area (Å²) < 4.78 is 9.40. The van der Waals surface area contributed by atoms with Crippen molar-refractivity contribution < 1.29 is 79.7 Å². The number of carboxylic acid groups (broad SMARTS) is 1. The molecule has 48 heavy (non-hydrogen) atoms. The van der Waals surface area contributed by atoms with Crippen molar-refractivity contribution in [2.45, 2.75) is 13.3 Å². The van der Waals surface area contributed by atoms with Crippen LogP contribution in [0, 0.1) is 0 Å². The molecule has 0 aliphatic rings. The van der Waals surface area contributed by atoms with Gasteiger partial charge >= 0.3 is 5.97 Å². The number of carbonyl (C=O) groups is 4. The lowest BCUT2D eigenvalue weighted by Crippen LogP contribution is -1.99. The van der Waals surface area contributed by atoms with E-state index in [0.29, 0.717) is 18.1 Å².